The number of fused-ring (bicyclic) bond motifs is 1. The molecule has 0 atom stereocenters. The van der Waals surface area contributed by atoms with Gasteiger partial charge in [0.2, 0.25) is 11.0 Å². The molecule has 5 rings (SSSR count). The zero-order chi connectivity index (χ0) is 25.2. The summed E-state index contributed by atoms with van der Waals surface area (Å²) in [6.07, 6.45) is -1.89. The van der Waals surface area contributed by atoms with Crippen molar-refractivity contribution in [2.75, 3.05) is 16.8 Å². The Hall–Kier alpha value is -3.71. The van der Waals surface area contributed by atoms with Crippen molar-refractivity contribution in [2.24, 2.45) is 0 Å². The van der Waals surface area contributed by atoms with Gasteiger partial charge in [-0.05, 0) is 30.7 Å². The molecule has 0 bridgehead atoms. The number of halogens is 4. The van der Waals surface area contributed by atoms with E-state index in [1.165, 1.54) is 11.5 Å². The molecular weight excluding hydrogens is 509 g/mol. The smallest absolute Gasteiger partial charge is 0.475 e. The average molecular weight is 525 g/mol. The van der Waals surface area contributed by atoms with Crippen molar-refractivity contribution in [1.29, 1.82) is 0 Å². The average Bonchev–Trinajstić information content (AvgIpc) is 3.57. The van der Waals surface area contributed by atoms with Crippen LogP contribution in [0.5, 0.6) is 0 Å². The van der Waals surface area contributed by atoms with Crippen molar-refractivity contribution < 1.29 is 27.9 Å². The predicted octanol–water partition coefficient (Wildman–Crippen LogP) is 5.24. The fourth-order valence-electron chi connectivity index (χ4n) is 3.32. The first-order chi connectivity index (χ1) is 16.6. The van der Waals surface area contributed by atoms with Gasteiger partial charge >= 0.3 is 12.1 Å². The summed E-state index contributed by atoms with van der Waals surface area (Å²) < 4.78 is 36.2. The van der Waals surface area contributed by atoms with Crippen LogP contribution in [0.25, 0.3) is 22.3 Å². The molecule has 1 fully saturated rings. The number of alkyl halides is 3. The van der Waals surface area contributed by atoms with Crippen LogP contribution in [-0.2, 0) is 9.59 Å². The molecule has 0 unspecified atom stereocenters. The van der Waals surface area contributed by atoms with Gasteiger partial charge in [0.1, 0.15) is 0 Å². The summed E-state index contributed by atoms with van der Waals surface area (Å²) >= 11 is 7.72. The summed E-state index contributed by atoms with van der Waals surface area (Å²) in [4.78, 5) is 27.3. The van der Waals surface area contributed by atoms with E-state index in [1.54, 1.807) is 6.20 Å². The van der Waals surface area contributed by atoms with Crippen molar-refractivity contribution in [2.45, 2.75) is 19.0 Å². The lowest BCUT2D eigenvalue weighted by Crippen LogP contribution is -2.23. The van der Waals surface area contributed by atoms with Gasteiger partial charge in [-0.15, -0.1) is 0 Å². The molecule has 1 saturated heterocycles. The number of nitrogens with one attached hydrogen (secondary N) is 2. The summed E-state index contributed by atoms with van der Waals surface area (Å²) in [5, 5.41) is 19.3. The molecule has 0 aliphatic carbocycles. The maximum Gasteiger partial charge on any atom is 0.490 e. The predicted molar refractivity (Wildman–Crippen MR) is 125 cm³/mol. The molecule has 3 heterocycles. The number of aromatic amines is 1. The molecule has 1 aliphatic heterocycles. The summed E-state index contributed by atoms with van der Waals surface area (Å²) in [6.45, 7) is 0.759. The van der Waals surface area contributed by atoms with Crippen molar-refractivity contribution in [1.82, 2.24) is 19.6 Å². The second-order valence-electron chi connectivity index (χ2n) is 7.31. The van der Waals surface area contributed by atoms with E-state index in [9.17, 15) is 18.0 Å². The molecule has 3 N–H and O–H groups in total. The first kappa shape index (κ1) is 24.4. The van der Waals surface area contributed by atoms with E-state index in [1.807, 2.05) is 41.3 Å². The Labute approximate surface area is 204 Å². The highest BCUT2D eigenvalue weighted by Gasteiger charge is 2.38. The topological polar surface area (TPSA) is 124 Å². The van der Waals surface area contributed by atoms with Crippen molar-refractivity contribution in [3.63, 3.8) is 0 Å². The van der Waals surface area contributed by atoms with Crippen LogP contribution in [0.15, 0.2) is 42.6 Å². The van der Waals surface area contributed by atoms with Crippen LogP contribution in [0.4, 0.5) is 29.7 Å². The standard InChI is InChI=1S/C19H15ClN6OS.C2HF3O2/c20-17-13-10-21-24-14(13)6-7-15(17)22-19-23-18(25-28-19)11-3-1-4-12(9-11)26-8-2-5-16(26)27;3-2(4,5)1(6)7/h1,3-4,6-7,9-10H,2,5,8H2,(H,21,24)(H,22,23,25);(H,6,7). The number of nitrogens with zero attached hydrogens (tertiary/aromatic N) is 4. The number of hydrogen-bond acceptors (Lipinski definition) is 7. The molecular formula is C21H16ClF3N6O3S. The number of anilines is 3. The summed E-state index contributed by atoms with van der Waals surface area (Å²) in [7, 11) is 0. The van der Waals surface area contributed by atoms with Gasteiger partial charge in [0.05, 0.1) is 22.4 Å². The third-order valence-electron chi connectivity index (χ3n) is 4.96. The van der Waals surface area contributed by atoms with E-state index in [2.05, 4.69) is 24.9 Å². The zero-order valence-corrected chi connectivity index (χ0v) is 19.2. The Morgan fingerprint density at radius 1 is 1.26 bits per heavy atom. The lowest BCUT2D eigenvalue weighted by Gasteiger charge is -2.15. The number of aromatic nitrogens is 4. The zero-order valence-electron chi connectivity index (χ0n) is 17.6. The Morgan fingerprint density at radius 3 is 2.71 bits per heavy atom. The van der Waals surface area contributed by atoms with E-state index >= 15 is 0 Å². The minimum absolute atomic E-state index is 0.162. The van der Waals surface area contributed by atoms with Crippen LogP contribution >= 0.6 is 23.1 Å². The lowest BCUT2D eigenvalue weighted by atomic mass is 10.2. The van der Waals surface area contributed by atoms with Gasteiger partial charge in [0.15, 0.2) is 5.82 Å². The third-order valence-corrected chi connectivity index (χ3v) is 6.00. The molecule has 14 heteroatoms. The van der Waals surface area contributed by atoms with Gasteiger partial charge in [0, 0.05) is 41.1 Å². The fraction of sp³-hybridized carbons (Fsp3) is 0.190. The van der Waals surface area contributed by atoms with E-state index in [0.29, 0.717) is 22.4 Å². The Balaban J connectivity index is 0.000000364. The van der Waals surface area contributed by atoms with Gasteiger partial charge in [-0.2, -0.15) is 27.6 Å². The van der Waals surface area contributed by atoms with Crippen molar-refractivity contribution in [3.8, 4) is 11.4 Å². The van der Waals surface area contributed by atoms with Gasteiger partial charge in [-0.1, -0.05) is 23.7 Å². The molecule has 182 valence electrons. The quantitative estimate of drug-likeness (QED) is 0.333. The van der Waals surface area contributed by atoms with Gasteiger partial charge in [0.25, 0.3) is 0 Å². The fourth-order valence-corrected chi connectivity index (χ4v) is 4.18. The number of carbonyl (C=O) groups excluding carboxylic acids is 1. The highest BCUT2D eigenvalue weighted by molar-refractivity contribution is 7.10. The number of carboxylic acid groups (broad SMARTS) is 1. The number of H-pyrrole nitrogens is 1. The Morgan fingerprint density at radius 2 is 2.03 bits per heavy atom. The highest BCUT2D eigenvalue weighted by Crippen LogP contribution is 2.33. The molecule has 35 heavy (non-hydrogen) atoms. The molecule has 0 radical (unpaired) electrons. The number of aliphatic carboxylic acids is 1. The largest absolute Gasteiger partial charge is 0.490 e. The van der Waals surface area contributed by atoms with Crippen LogP contribution in [0, 0.1) is 0 Å². The molecule has 1 aliphatic rings. The lowest BCUT2D eigenvalue weighted by molar-refractivity contribution is -0.192. The van der Waals surface area contributed by atoms with E-state index in [-0.39, 0.29) is 5.91 Å². The number of carbonyl (C=O) groups is 2. The van der Waals surface area contributed by atoms with Crippen molar-refractivity contribution in [3.05, 3.63) is 47.6 Å². The maximum absolute atomic E-state index is 12.0. The number of carboxylic acids is 1. The van der Waals surface area contributed by atoms with Crippen LogP contribution in [0.3, 0.4) is 0 Å². The molecule has 2 aromatic carbocycles. The van der Waals surface area contributed by atoms with Crippen LogP contribution in [-0.4, -0.2) is 49.3 Å². The maximum atomic E-state index is 12.0. The number of benzene rings is 2. The summed E-state index contributed by atoms with van der Waals surface area (Å²) in [5.74, 6) is -1.98. The highest BCUT2D eigenvalue weighted by atomic mass is 35.5. The second kappa shape index (κ2) is 9.88. The Kier molecular flexibility index (Phi) is 6.89. The molecule has 1 amide bonds. The molecule has 2 aromatic heterocycles. The van der Waals surface area contributed by atoms with Gasteiger partial charge in [-0.25, -0.2) is 4.79 Å². The SMILES string of the molecule is O=C(O)C(F)(F)F.O=C1CCCN1c1cccc(-c2nsc(Nc3ccc4[nH]ncc4c3Cl)n2)c1. The minimum Gasteiger partial charge on any atom is -0.475 e. The molecule has 9 nitrogen and oxygen atoms in total. The second-order valence-corrected chi connectivity index (χ2v) is 8.44. The summed E-state index contributed by atoms with van der Waals surface area (Å²) in [6, 6.07) is 11.6. The molecule has 0 saturated carbocycles. The molecule has 0 spiro atoms. The van der Waals surface area contributed by atoms with Gasteiger partial charge in [-0.3, -0.25) is 9.89 Å². The number of rotatable bonds is 4. The Bertz CT molecular complexity index is 1390. The van der Waals surface area contributed by atoms with E-state index in [0.717, 1.165) is 40.8 Å². The van der Waals surface area contributed by atoms with Crippen molar-refractivity contribution >= 4 is 62.4 Å². The van der Waals surface area contributed by atoms with Gasteiger partial charge < -0.3 is 15.3 Å². The monoisotopic (exact) mass is 524 g/mol. The first-order valence-corrected chi connectivity index (χ1v) is 11.2. The third kappa shape index (κ3) is 5.52. The van der Waals surface area contributed by atoms with E-state index in [4.69, 9.17) is 21.5 Å². The summed E-state index contributed by atoms with van der Waals surface area (Å²) in [5.41, 5.74) is 3.38. The first-order valence-electron chi connectivity index (χ1n) is 10.1. The van der Waals surface area contributed by atoms with Crippen LogP contribution in [0.1, 0.15) is 12.8 Å². The van der Waals surface area contributed by atoms with Crippen LogP contribution < -0.4 is 10.2 Å². The normalized spacial score (nSPS) is 13.6. The van der Waals surface area contributed by atoms with E-state index < -0.39 is 12.1 Å². The number of amides is 1. The minimum atomic E-state index is -5.08. The van der Waals surface area contributed by atoms with Crippen LogP contribution in [0.2, 0.25) is 5.02 Å². The number of hydrogen-bond donors (Lipinski definition) is 3. The molecule has 4 aromatic rings.